The molecule has 2 N–H and O–H groups in total. The molecule has 0 saturated heterocycles. The highest BCUT2D eigenvalue weighted by molar-refractivity contribution is 6.14. The number of rotatable bonds is 10. The van der Waals surface area contributed by atoms with Gasteiger partial charge in [-0.3, -0.25) is 4.99 Å². The van der Waals surface area contributed by atoms with Crippen molar-refractivity contribution in [3.63, 3.8) is 0 Å². The van der Waals surface area contributed by atoms with Gasteiger partial charge in [-0.25, -0.2) is 0 Å². The fraction of sp³-hybridized carbons (Fsp3) is 0.0656. The number of nitrogens with zero attached hydrogens (tertiary/aromatic N) is 1. The summed E-state index contributed by atoms with van der Waals surface area (Å²) in [5, 5.41) is 0. The van der Waals surface area contributed by atoms with Gasteiger partial charge < -0.3 is 5.73 Å². The van der Waals surface area contributed by atoms with Crippen molar-refractivity contribution < 1.29 is 0 Å². The third kappa shape index (κ3) is 11.0. The Balaban J connectivity index is 0.000000597. The third-order valence-electron chi connectivity index (χ3n) is 10.8. The van der Waals surface area contributed by atoms with Crippen LogP contribution in [0.4, 0.5) is 0 Å². The first kappa shape index (κ1) is 43.4. The maximum atomic E-state index is 5.12. The second-order valence-electron chi connectivity index (χ2n) is 15.0. The van der Waals surface area contributed by atoms with Gasteiger partial charge in [0.1, 0.15) is 0 Å². The van der Waals surface area contributed by atoms with Crippen molar-refractivity contribution in [1.82, 2.24) is 0 Å². The van der Waals surface area contributed by atoms with Gasteiger partial charge in [0.15, 0.2) is 0 Å². The molecule has 0 radical (unpaired) electrons. The van der Waals surface area contributed by atoms with Crippen LogP contribution in [-0.4, -0.2) is 12.8 Å². The Hall–Kier alpha value is -7.65. The first-order chi connectivity index (χ1) is 31.2. The van der Waals surface area contributed by atoms with Crippen molar-refractivity contribution in [2.45, 2.75) is 20.3 Å². The van der Waals surface area contributed by atoms with Crippen LogP contribution >= 0.6 is 0 Å². The van der Waals surface area contributed by atoms with Crippen LogP contribution in [0.2, 0.25) is 0 Å². The Morgan fingerprint density at radius 3 is 1.22 bits per heavy atom. The quantitative estimate of drug-likeness (QED) is 0.137. The van der Waals surface area contributed by atoms with Gasteiger partial charge in [0.05, 0.1) is 5.71 Å². The summed E-state index contributed by atoms with van der Waals surface area (Å²) >= 11 is 0. The molecule has 0 spiro atoms. The minimum atomic E-state index is 0.916. The van der Waals surface area contributed by atoms with Crippen LogP contribution in [0.3, 0.4) is 0 Å². The van der Waals surface area contributed by atoms with Gasteiger partial charge >= 0.3 is 0 Å². The highest BCUT2D eigenvalue weighted by Gasteiger charge is 2.19. The first-order valence-electron chi connectivity index (χ1n) is 21.7. The Bertz CT molecular complexity index is 2790. The lowest BCUT2D eigenvalue weighted by atomic mass is 9.83. The Kier molecular flexibility index (Phi) is 15.4. The molecule has 0 amide bonds. The lowest BCUT2D eigenvalue weighted by molar-refractivity contribution is 1.21. The number of allylic oxidation sites excluding steroid dienone is 1. The summed E-state index contributed by atoms with van der Waals surface area (Å²) in [6.45, 7) is 4.22. The van der Waals surface area contributed by atoms with Crippen molar-refractivity contribution in [2.75, 3.05) is 7.05 Å². The molecule has 0 saturated carbocycles. The summed E-state index contributed by atoms with van der Waals surface area (Å²) in [4.78, 5) is 5.12. The molecule has 9 aromatic rings. The zero-order chi connectivity index (χ0) is 43.6. The average molecular weight is 815 g/mol. The van der Waals surface area contributed by atoms with E-state index < -0.39 is 0 Å². The monoisotopic (exact) mass is 814 g/mol. The van der Waals surface area contributed by atoms with Gasteiger partial charge in [-0.15, -0.1) is 0 Å². The van der Waals surface area contributed by atoms with Crippen LogP contribution in [0.25, 0.3) is 66.8 Å². The smallest absolute Gasteiger partial charge is 0.0774 e. The maximum absolute atomic E-state index is 5.12. The van der Waals surface area contributed by atoms with E-state index in [0.29, 0.717) is 0 Å². The topological polar surface area (TPSA) is 38.4 Å². The number of nitrogens with two attached hydrogens (primary N) is 1. The standard InChI is InChI=1S/C53H41N.C7H8.CH5N/c1-2-3-33-54-53(43-29-17-8-18-30-43)47-35-44(34-46(36-47)49-32-20-19-31-48(49)39-21-9-4-10-22-39)45-37-50(40-23-11-5-12-24-40)52(42-27-15-7-16-28-42)51(38-45)41-25-13-6-14-26-41;1-7-5-3-2-4-6-7;1-2/h3-38H,2H2,1H3;2-6H,1H3;2H2,1H3/b33-3+,54-53?;;. The van der Waals surface area contributed by atoms with Gasteiger partial charge in [-0.2, -0.15) is 0 Å². The largest absolute Gasteiger partial charge is 0.333 e. The summed E-state index contributed by atoms with van der Waals surface area (Å²) in [6.07, 6.45) is 4.97. The van der Waals surface area contributed by atoms with E-state index in [-0.39, 0.29) is 0 Å². The van der Waals surface area contributed by atoms with E-state index in [1.807, 2.05) is 24.4 Å². The molecule has 0 heterocycles. The number of aliphatic imine (C=N–C) groups is 1. The molecule has 0 aromatic heterocycles. The number of hydrogen-bond donors (Lipinski definition) is 1. The molecule has 2 heteroatoms. The second-order valence-corrected chi connectivity index (χ2v) is 15.0. The predicted octanol–water partition coefficient (Wildman–Crippen LogP) is 16.0. The molecule has 0 aliphatic rings. The molecule has 0 fully saturated rings. The Morgan fingerprint density at radius 2 is 0.762 bits per heavy atom. The summed E-state index contributed by atoms with van der Waals surface area (Å²) in [7, 11) is 1.50. The normalized spacial score (nSPS) is 11.0. The summed E-state index contributed by atoms with van der Waals surface area (Å²) < 4.78 is 0. The van der Waals surface area contributed by atoms with Crippen molar-refractivity contribution in [3.05, 3.63) is 266 Å². The van der Waals surface area contributed by atoms with E-state index in [1.54, 1.807) is 0 Å². The maximum Gasteiger partial charge on any atom is 0.0774 e. The highest BCUT2D eigenvalue weighted by Crippen LogP contribution is 2.44. The summed E-state index contributed by atoms with van der Waals surface area (Å²) in [5.74, 6) is 0. The van der Waals surface area contributed by atoms with E-state index >= 15 is 0 Å². The number of aryl methyl sites for hydroxylation is 1. The lowest BCUT2D eigenvalue weighted by Gasteiger charge is -2.20. The van der Waals surface area contributed by atoms with E-state index in [1.165, 1.54) is 62.7 Å². The lowest BCUT2D eigenvalue weighted by Crippen LogP contribution is -2.04. The molecular weight excluding hydrogens is 761 g/mol. The zero-order valence-electron chi connectivity index (χ0n) is 36.4. The van der Waals surface area contributed by atoms with Crippen LogP contribution in [0.5, 0.6) is 0 Å². The van der Waals surface area contributed by atoms with Crippen molar-refractivity contribution in [1.29, 1.82) is 0 Å². The SMILES string of the molecule is CC/C=C/N=C(c1ccccc1)c1cc(-c2cc(-c3ccccc3)c(-c3ccccc3)c(-c3ccccc3)c2)cc(-c2ccccc2-c2ccccc2)c1.CN.Cc1ccccc1. The van der Waals surface area contributed by atoms with E-state index in [4.69, 9.17) is 4.99 Å². The van der Waals surface area contributed by atoms with Gasteiger partial charge in [0, 0.05) is 17.3 Å². The molecule has 0 aliphatic heterocycles. The molecule has 0 aliphatic carbocycles. The van der Waals surface area contributed by atoms with Gasteiger partial charge in [-0.1, -0.05) is 225 Å². The highest BCUT2D eigenvalue weighted by atomic mass is 14.7. The van der Waals surface area contributed by atoms with Crippen LogP contribution in [0.1, 0.15) is 30.0 Å². The molecular formula is C61H54N2. The van der Waals surface area contributed by atoms with Crippen molar-refractivity contribution in [3.8, 4) is 66.8 Å². The molecule has 2 nitrogen and oxygen atoms in total. The minimum absolute atomic E-state index is 0.916. The van der Waals surface area contributed by atoms with Crippen LogP contribution in [0.15, 0.2) is 254 Å². The van der Waals surface area contributed by atoms with E-state index in [0.717, 1.165) is 39.9 Å². The fourth-order valence-corrected chi connectivity index (χ4v) is 7.78. The Morgan fingerprint density at radius 1 is 0.381 bits per heavy atom. The van der Waals surface area contributed by atoms with Crippen LogP contribution in [0, 0.1) is 6.92 Å². The predicted molar refractivity (Wildman–Crippen MR) is 272 cm³/mol. The van der Waals surface area contributed by atoms with Crippen molar-refractivity contribution >= 4 is 5.71 Å². The molecule has 0 unspecified atom stereocenters. The van der Waals surface area contributed by atoms with E-state index in [2.05, 4.69) is 244 Å². The molecule has 9 aromatic carbocycles. The molecule has 9 rings (SSSR count). The van der Waals surface area contributed by atoms with Gasteiger partial charge in [0.2, 0.25) is 0 Å². The van der Waals surface area contributed by atoms with Crippen LogP contribution < -0.4 is 5.73 Å². The Labute approximate surface area is 374 Å². The number of hydrogen-bond acceptors (Lipinski definition) is 2. The number of benzene rings is 9. The summed E-state index contributed by atoms with van der Waals surface area (Å²) in [6, 6.07) is 84.3. The van der Waals surface area contributed by atoms with Gasteiger partial charge in [0.25, 0.3) is 0 Å². The molecule has 308 valence electrons. The first-order valence-corrected chi connectivity index (χ1v) is 21.7. The van der Waals surface area contributed by atoms with Crippen molar-refractivity contribution in [2.24, 2.45) is 10.7 Å². The molecule has 0 atom stereocenters. The minimum Gasteiger partial charge on any atom is -0.333 e. The summed E-state index contributed by atoms with van der Waals surface area (Å²) in [5.41, 5.74) is 23.0. The average Bonchev–Trinajstić information content (AvgIpc) is 3.37. The zero-order valence-corrected chi connectivity index (χ0v) is 36.4. The van der Waals surface area contributed by atoms with Gasteiger partial charge in [-0.05, 0) is 117 Å². The van der Waals surface area contributed by atoms with E-state index in [9.17, 15) is 0 Å². The second kappa shape index (κ2) is 22.3. The van der Waals surface area contributed by atoms with Crippen LogP contribution in [-0.2, 0) is 0 Å². The molecule has 0 bridgehead atoms. The third-order valence-corrected chi connectivity index (χ3v) is 10.8. The molecule has 63 heavy (non-hydrogen) atoms. The fourth-order valence-electron chi connectivity index (χ4n) is 7.78.